The number of hydroxylamine groups is 2. The first-order chi connectivity index (χ1) is 7.13. The Morgan fingerprint density at radius 2 is 1.62 bits per heavy atom. The first-order valence-electron chi connectivity index (χ1n) is 5.95. The van der Waals surface area contributed by atoms with E-state index >= 15 is 0 Å². The second-order valence-corrected chi connectivity index (χ2v) is 6.18. The van der Waals surface area contributed by atoms with Gasteiger partial charge in [-0.1, -0.05) is 5.06 Å². The lowest BCUT2D eigenvalue weighted by atomic mass is 9.73. The van der Waals surface area contributed by atoms with Crippen LogP contribution in [0.5, 0.6) is 0 Å². The van der Waals surface area contributed by atoms with E-state index in [2.05, 4.69) is 0 Å². The lowest BCUT2D eigenvalue weighted by molar-refractivity contribution is -0.280. The van der Waals surface area contributed by atoms with Gasteiger partial charge in [-0.25, -0.2) is 0 Å². The Morgan fingerprint density at radius 1 is 1.19 bits per heavy atom. The molecule has 0 aliphatic carbocycles. The van der Waals surface area contributed by atoms with E-state index in [4.69, 9.17) is 9.94 Å². The van der Waals surface area contributed by atoms with Gasteiger partial charge in [0.15, 0.2) is 0 Å². The third kappa shape index (κ3) is 2.74. The van der Waals surface area contributed by atoms with Crippen LogP contribution in [0.3, 0.4) is 0 Å². The molecule has 16 heavy (non-hydrogen) atoms. The fraction of sp³-hybridized carbons (Fsp3) is 1.00. The number of nitrogens with zero attached hydrogens (tertiary/aromatic N) is 1. The van der Waals surface area contributed by atoms with Crippen LogP contribution in [-0.2, 0) is 4.74 Å². The van der Waals surface area contributed by atoms with Crippen molar-refractivity contribution in [1.82, 2.24) is 5.06 Å². The molecule has 0 aromatic heterocycles. The number of rotatable bonds is 3. The summed E-state index contributed by atoms with van der Waals surface area (Å²) in [5, 5.41) is 20.3. The Morgan fingerprint density at radius 3 is 2.00 bits per heavy atom. The van der Waals surface area contributed by atoms with Crippen LogP contribution in [0.1, 0.15) is 47.5 Å². The van der Waals surface area contributed by atoms with Crippen molar-refractivity contribution < 1.29 is 15.1 Å². The van der Waals surface area contributed by atoms with Crippen LogP contribution in [0.2, 0.25) is 0 Å². The average Bonchev–Trinajstić information content (AvgIpc) is 2.10. The van der Waals surface area contributed by atoms with Gasteiger partial charge in [0.05, 0.1) is 23.3 Å². The molecule has 1 aliphatic rings. The Labute approximate surface area is 98.2 Å². The predicted octanol–water partition coefficient (Wildman–Crippen LogP) is 1.05. The summed E-state index contributed by atoms with van der Waals surface area (Å²) in [6.07, 6.45) is 1.15. The fourth-order valence-electron chi connectivity index (χ4n) is 3.04. The zero-order valence-corrected chi connectivity index (χ0v) is 11.1. The monoisotopic (exact) mass is 232 g/mol. The number of piperidine rings is 1. The van der Waals surface area contributed by atoms with Crippen LogP contribution < -0.4 is 0 Å². The van der Waals surface area contributed by atoms with Crippen LogP contribution in [0.4, 0.5) is 0 Å². The van der Waals surface area contributed by atoms with Crippen LogP contribution in [0.15, 0.2) is 0 Å². The van der Waals surface area contributed by atoms with Gasteiger partial charge in [0.2, 0.25) is 0 Å². The van der Waals surface area contributed by atoms with Gasteiger partial charge in [-0.15, -0.1) is 0 Å². The Balaban J connectivity index is 2.85. The smallest absolute Gasteiger partial charge is 0.0920 e. The van der Waals surface area contributed by atoms with Gasteiger partial charge in [-0.2, -0.15) is 0 Å². The standard InChI is InChI=1S/C12H25NO3/c1-6-16-9-12(14)7-10(2,3)13(15)11(4,5)8-12/h14-15H,6-9H2,1-5H3/p+1. The second kappa shape index (κ2) is 4.26. The van der Waals surface area contributed by atoms with Crippen molar-refractivity contribution in [2.24, 2.45) is 0 Å². The number of ether oxygens (including phenoxy) is 1. The lowest BCUT2D eigenvalue weighted by Gasteiger charge is -2.51. The summed E-state index contributed by atoms with van der Waals surface area (Å²) in [5.74, 6) is 0. The molecule has 0 saturated carbocycles. The topological polar surface area (TPSA) is 55.6 Å². The van der Waals surface area contributed by atoms with Crippen molar-refractivity contribution in [3.8, 4) is 0 Å². The molecule has 1 aliphatic heterocycles. The summed E-state index contributed by atoms with van der Waals surface area (Å²) in [5.41, 5.74) is -1.46. The molecule has 0 amide bonds. The summed E-state index contributed by atoms with van der Waals surface area (Å²) in [6.45, 7) is 10.9. The van der Waals surface area contributed by atoms with E-state index in [1.165, 1.54) is 0 Å². The molecule has 0 spiro atoms. The molecule has 0 bridgehead atoms. The minimum atomic E-state index is -0.805. The summed E-state index contributed by atoms with van der Waals surface area (Å²) < 4.78 is 5.37. The first kappa shape index (κ1) is 13.9. The number of hydrogen-bond donors (Lipinski definition) is 1. The summed E-state index contributed by atoms with van der Waals surface area (Å²) in [7, 11) is 0. The molecule has 0 aromatic carbocycles. The molecule has 3 N–H and O–H groups in total. The van der Waals surface area contributed by atoms with Crippen molar-refractivity contribution in [3.63, 3.8) is 0 Å². The van der Waals surface area contributed by atoms with Crippen LogP contribution >= 0.6 is 0 Å². The highest BCUT2D eigenvalue weighted by Crippen LogP contribution is 2.42. The van der Waals surface area contributed by atoms with E-state index in [0.29, 0.717) is 26.1 Å². The van der Waals surface area contributed by atoms with Gasteiger partial charge < -0.3 is 15.1 Å². The third-order valence-electron chi connectivity index (χ3n) is 3.31. The zero-order valence-electron chi connectivity index (χ0n) is 11.1. The maximum Gasteiger partial charge on any atom is 0.0920 e. The highest BCUT2D eigenvalue weighted by Gasteiger charge is 2.54. The van der Waals surface area contributed by atoms with Gasteiger partial charge in [0.25, 0.3) is 0 Å². The second-order valence-electron chi connectivity index (χ2n) is 6.18. The molecule has 0 radical (unpaired) electrons. The van der Waals surface area contributed by atoms with Crippen molar-refractivity contribution >= 4 is 0 Å². The molecular weight excluding hydrogens is 206 g/mol. The normalized spacial score (nSPS) is 27.9. The average molecular weight is 232 g/mol. The van der Waals surface area contributed by atoms with E-state index in [-0.39, 0.29) is 11.1 Å². The minimum absolute atomic E-state index is 0.326. The summed E-state index contributed by atoms with van der Waals surface area (Å²) in [6, 6.07) is 0. The van der Waals surface area contributed by atoms with Crippen molar-refractivity contribution in [1.29, 1.82) is 0 Å². The van der Waals surface area contributed by atoms with Crippen molar-refractivity contribution in [2.75, 3.05) is 13.2 Å². The Kier molecular flexibility index (Phi) is 3.70. The third-order valence-corrected chi connectivity index (χ3v) is 3.31. The molecule has 0 unspecified atom stereocenters. The highest BCUT2D eigenvalue weighted by molar-refractivity contribution is 5.03. The van der Waals surface area contributed by atoms with E-state index in [9.17, 15) is 5.11 Å². The van der Waals surface area contributed by atoms with Gasteiger partial charge in [-0.3, -0.25) is 0 Å². The Hall–Kier alpha value is -0.160. The zero-order chi connectivity index (χ0) is 12.6. The lowest BCUT2D eigenvalue weighted by Crippen LogP contribution is -2.65. The van der Waals surface area contributed by atoms with Gasteiger partial charge in [0.1, 0.15) is 0 Å². The first-order valence-corrected chi connectivity index (χ1v) is 5.95. The highest BCUT2D eigenvalue weighted by atomic mass is 16.5. The molecule has 1 fully saturated rings. The molecule has 0 atom stereocenters. The molecular formula is C12H26NO3+. The predicted molar refractivity (Wildman–Crippen MR) is 64.3 cm³/mol. The molecule has 4 nitrogen and oxygen atoms in total. The van der Waals surface area contributed by atoms with Gasteiger partial charge >= 0.3 is 0 Å². The molecule has 0 aromatic rings. The summed E-state index contributed by atoms with van der Waals surface area (Å²) in [4.78, 5) is 0. The molecule has 1 heterocycles. The maximum atomic E-state index is 10.6. The fourth-order valence-corrected chi connectivity index (χ4v) is 3.04. The maximum absolute atomic E-state index is 10.6. The molecule has 4 heteroatoms. The Bertz CT molecular complexity index is 233. The number of aliphatic hydroxyl groups is 1. The minimum Gasteiger partial charge on any atom is -0.387 e. The van der Waals surface area contributed by atoms with E-state index in [1.54, 1.807) is 5.06 Å². The van der Waals surface area contributed by atoms with E-state index in [1.807, 2.05) is 34.6 Å². The SMILES string of the molecule is CCOCC1(O)CC(C)(C)N([OH2+])C(C)(C)C1. The largest absolute Gasteiger partial charge is 0.387 e. The molecule has 96 valence electrons. The quantitative estimate of drug-likeness (QED) is 0.740. The van der Waals surface area contributed by atoms with Crippen molar-refractivity contribution in [2.45, 2.75) is 64.1 Å². The number of hydrogen-bond acceptors (Lipinski definition) is 3. The van der Waals surface area contributed by atoms with Gasteiger partial charge in [-0.05, 0) is 34.6 Å². The van der Waals surface area contributed by atoms with Gasteiger partial charge in [0, 0.05) is 19.4 Å². The molecule has 1 saturated heterocycles. The van der Waals surface area contributed by atoms with E-state index in [0.717, 1.165) is 0 Å². The van der Waals surface area contributed by atoms with Crippen LogP contribution in [0.25, 0.3) is 0 Å². The van der Waals surface area contributed by atoms with Crippen LogP contribution in [0, 0.1) is 0 Å². The van der Waals surface area contributed by atoms with E-state index < -0.39 is 5.60 Å². The van der Waals surface area contributed by atoms with Crippen molar-refractivity contribution in [3.05, 3.63) is 0 Å². The molecule has 1 rings (SSSR count). The van der Waals surface area contributed by atoms with Crippen LogP contribution in [-0.4, -0.2) is 45.3 Å². The summed E-state index contributed by atoms with van der Waals surface area (Å²) >= 11 is 0.